The van der Waals surface area contributed by atoms with Crippen molar-refractivity contribution in [2.75, 3.05) is 5.32 Å². The molecule has 0 aliphatic rings. The first kappa shape index (κ1) is 15.3. The third kappa shape index (κ3) is 3.72. The fourth-order valence-corrected chi connectivity index (χ4v) is 2.36. The van der Waals surface area contributed by atoms with Gasteiger partial charge in [0, 0.05) is 24.5 Å². The van der Waals surface area contributed by atoms with Gasteiger partial charge in [-0.25, -0.2) is 9.78 Å². The Labute approximate surface area is 128 Å². The number of nitrogens with one attached hydrogen (secondary N) is 2. The van der Waals surface area contributed by atoms with E-state index in [2.05, 4.69) is 20.7 Å². The van der Waals surface area contributed by atoms with Gasteiger partial charge < -0.3 is 10.6 Å². The number of hydrogen-bond donors (Lipinski definition) is 2. The molecule has 1 atom stereocenters. The monoisotopic (exact) mass is 307 g/mol. The summed E-state index contributed by atoms with van der Waals surface area (Å²) in [5.74, 6) is 0. The molecule has 6 nitrogen and oxygen atoms in total. The number of nitrogens with zero attached hydrogens (tertiary/aromatic N) is 3. The summed E-state index contributed by atoms with van der Waals surface area (Å²) in [4.78, 5) is 16.2. The molecule has 0 radical (unpaired) electrons. The summed E-state index contributed by atoms with van der Waals surface area (Å²) >= 11 is 6.07. The number of amides is 2. The standard InChI is InChI=1S/C14H18ClN5O/c1-8-5-9(2)17-13(15)12(8)19-14(21)18-10(3)11-6-16-20(4)7-11/h5-7,10H,1-4H3,(H2,18,19,21)/t10-/m0/s1. The molecule has 2 aromatic rings. The molecule has 2 aromatic heterocycles. The maximum Gasteiger partial charge on any atom is 0.319 e. The molecule has 0 unspecified atom stereocenters. The van der Waals surface area contributed by atoms with E-state index < -0.39 is 0 Å². The number of halogens is 1. The molecule has 0 fully saturated rings. The second-order valence-corrected chi connectivity index (χ2v) is 5.37. The largest absolute Gasteiger partial charge is 0.331 e. The van der Waals surface area contributed by atoms with E-state index in [1.165, 1.54) is 0 Å². The highest BCUT2D eigenvalue weighted by Crippen LogP contribution is 2.24. The number of anilines is 1. The van der Waals surface area contributed by atoms with E-state index in [9.17, 15) is 4.79 Å². The van der Waals surface area contributed by atoms with Crippen molar-refractivity contribution in [3.8, 4) is 0 Å². The average Bonchev–Trinajstić information content (AvgIpc) is 2.80. The Bertz CT molecular complexity index is 644. The number of aryl methyl sites for hydroxylation is 3. The minimum absolute atomic E-state index is 0.156. The molecular weight excluding hydrogens is 290 g/mol. The summed E-state index contributed by atoms with van der Waals surface area (Å²) in [6, 6.07) is 1.38. The predicted molar refractivity (Wildman–Crippen MR) is 82.5 cm³/mol. The van der Waals surface area contributed by atoms with Crippen LogP contribution >= 0.6 is 11.6 Å². The fourth-order valence-electron chi connectivity index (χ4n) is 2.03. The maximum atomic E-state index is 12.1. The molecule has 0 bridgehead atoms. The van der Waals surface area contributed by atoms with Crippen molar-refractivity contribution in [2.45, 2.75) is 26.8 Å². The van der Waals surface area contributed by atoms with E-state index >= 15 is 0 Å². The number of carbonyl (C=O) groups is 1. The van der Waals surface area contributed by atoms with E-state index in [1.807, 2.05) is 40.1 Å². The smallest absolute Gasteiger partial charge is 0.319 e. The molecule has 0 aliphatic carbocycles. The molecule has 2 amide bonds. The van der Waals surface area contributed by atoms with Gasteiger partial charge in [-0.1, -0.05) is 11.6 Å². The van der Waals surface area contributed by atoms with Crippen molar-refractivity contribution in [1.82, 2.24) is 20.1 Å². The highest BCUT2D eigenvalue weighted by atomic mass is 35.5. The lowest BCUT2D eigenvalue weighted by atomic mass is 10.2. The molecule has 7 heteroatoms. The minimum Gasteiger partial charge on any atom is -0.331 e. The summed E-state index contributed by atoms with van der Waals surface area (Å²) in [5.41, 5.74) is 3.14. The number of rotatable bonds is 3. The van der Waals surface area contributed by atoms with Crippen molar-refractivity contribution in [2.24, 2.45) is 7.05 Å². The lowest BCUT2D eigenvalue weighted by Crippen LogP contribution is -2.31. The van der Waals surface area contributed by atoms with Crippen LogP contribution in [0.5, 0.6) is 0 Å². The molecule has 2 heterocycles. The molecule has 21 heavy (non-hydrogen) atoms. The molecule has 112 valence electrons. The predicted octanol–water partition coefficient (Wildman–Crippen LogP) is 2.97. The van der Waals surface area contributed by atoms with Crippen LogP contribution in [0.4, 0.5) is 10.5 Å². The number of carbonyl (C=O) groups excluding carboxylic acids is 1. The molecular formula is C14H18ClN5O. The summed E-state index contributed by atoms with van der Waals surface area (Å²) in [6.45, 7) is 5.62. The van der Waals surface area contributed by atoms with Gasteiger partial charge in [-0.3, -0.25) is 4.68 Å². The quantitative estimate of drug-likeness (QED) is 0.856. The van der Waals surface area contributed by atoms with E-state index in [0.29, 0.717) is 5.69 Å². The van der Waals surface area contributed by atoms with Crippen LogP contribution in [0.1, 0.15) is 29.8 Å². The lowest BCUT2D eigenvalue weighted by Gasteiger charge is -2.15. The van der Waals surface area contributed by atoms with Crippen LogP contribution in [0, 0.1) is 13.8 Å². The highest BCUT2D eigenvalue weighted by molar-refractivity contribution is 6.32. The molecule has 0 aromatic carbocycles. The van der Waals surface area contributed by atoms with Crippen LogP contribution in [0.25, 0.3) is 0 Å². The Hall–Kier alpha value is -2.08. The van der Waals surface area contributed by atoms with Gasteiger partial charge in [-0.15, -0.1) is 0 Å². The van der Waals surface area contributed by atoms with Crippen molar-refractivity contribution >= 4 is 23.3 Å². The summed E-state index contributed by atoms with van der Waals surface area (Å²) in [7, 11) is 1.83. The number of hydrogen-bond acceptors (Lipinski definition) is 3. The van der Waals surface area contributed by atoms with Gasteiger partial charge >= 0.3 is 6.03 Å². The topological polar surface area (TPSA) is 71.8 Å². The Morgan fingerprint density at radius 1 is 1.43 bits per heavy atom. The maximum absolute atomic E-state index is 12.1. The Morgan fingerprint density at radius 2 is 2.14 bits per heavy atom. The van der Waals surface area contributed by atoms with Crippen LogP contribution in [0.3, 0.4) is 0 Å². The second-order valence-electron chi connectivity index (χ2n) is 5.01. The highest BCUT2D eigenvalue weighted by Gasteiger charge is 2.14. The van der Waals surface area contributed by atoms with Crippen LogP contribution in [-0.2, 0) is 7.05 Å². The zero-order valence-corrected chi connectivity index (χ0v) is 13.2. The van der Waals surface area contributed by atoms with E-state index in [1.54, 1.807) is 10.9 Å². The first-order valence-electron chi connectivity index (χ1n) is 6.56. The molecule has 0 aliphatic heterocycles. The van der Waals surface area contributed by atoms with Crippen molar-refractivity contribution in [3.05, 3.63) is 40.4 Å². The average molecular weight is 308 g/mol. The van der Waals surface area contributed by atoms with E-state index in [4.69, 9.17) is 11.6 Å². The Kier molecular flexibility index (Phi) is 4.47. The third-order valence-corrected chi connectivity index (χ3v) is 3.39. The van der Waals surface area contributed by atoms with E-state index in [-0.39, 0.29) is 17.2 Å². The van der Waals surface area contributed by atoms with Gasteiger partial charge in [-0.05, 0) is 32.4 Å². The van der Waals surface area contributed by atoms with Crippen LogP contribution in [0.2, 0.25) is 5.15 Å². The SMILES string of the molecule is Cc1cc(C)c(NC(=O)N[C@@H](C)c2cnn(C)c2)c(Cl)n1. The minimum atomic E-state index is -0.331. The Morgan fingerprint density at radius 3 is 2.71 bits per heavy atom. The molecule has 2 rings (SSSR count). The zero-order chi connectivity index (χ0) is 15.6. The molecule has 0 saturated heterocycles. The molecule has 0 spiro atoms. The van der Waals surface area contributed by atoms with Crippen LogP contribution < -0.4 is 10.6 Å². The summed E-state index contributed by atoms with van der Waals surface area (Å²) < 4.78 is 1.69. The van der Waals surface area contributed by atoms with Crippen LogP contribution in [-0.4, -0.2) is 20.8 Å². The summed E-state index contributed by atoms with van der Waals surface area (Å²) in [5, 5.41) is 9.95. The fraction of sp³-hybridized carbons (Fsp3) is 0.357. The van der Waals surface area contributed by atoms with Crippen molar-refractivity contribution in [3.63, 3.8) is 0 Å². The first-order valence-corrected chi connectivity index (χ1v) is 6.94. The van der Waals surface area contributed by atoms with Gasteiger partial charge in [0.15, 0.2) is 5.15 Å². The second kappa shape index (κ2) is 6.13. The number of aromatic nitrogens is 3. The third-order valence-electron chi connectivity index (χ3n) is 3.11. The van der Waals surface area contributed by atoms with Gasteiger partial charge in [0.05, 0.1) is 17.9 Å². The van der Waals surface area contributed by atoms with Gasteiger partial charge in [0.2, 0.25) is 0 Å². The van der Waals surface area contributed by atoms with Crippen molar-refractivity contribution < 1.29 is 4.79 Å². The zero-order valence-electron chi connectivity index (χ0n) is 12.4. The van der Waals surface area contributed by atoms with E-state index in [0.717, 1.165) is 16.8 Å². The van der Waals surface area contributed by atoms with Crippen LogP contribution in [0.15, 0.2) is 18.5 Å². The van der Waals surface area contributed by atoms with Crippen molar-refractivity contribution in [1.29, 1.82) is 0 Å². The van der Waals surface area contributed by atoms with Gasteiger partial charge in [-0.2, -0.15) is 5.10 Å². The Balaban J connectivity index is 2.05. The number of pyridine rings is 1. The molecule has 0 saturated carbocycles. The lowest BCUT2D eigenvalue weighted by molar-refractivity contribution is 0.249. The first-order chi connectivity index (χ1) is 9.86. The summed E-state index contributed by atoms with van der Waals surface area (Å²) in [6.07, 6.45) is 3.58. The molecule has 2 N–H and O–H groups in total. The number of urea groups is 1. The van der Waals surface area contributed by atoms with Gasteiger partial charge in [0.25, 0.3) is 0 Å². The normalized spacial score (nSPS) is 12.0. The van der Waals surface area contributed by atoms with Gasteiger partial charge in [0.1, 0.15) is 0 Å².